The summed E-state index contributed by atoms with van der Waals surface area (Å²) in [6.45, 7) is 5.71. The van der Waals surface area contributed by atoms with Crippen LogP contribution < -0.4 is 10.1 Å². The van der Waals surface area contributed by atoms with Crippen LogP contribution in [0.2, 0.25) is 0 Å². The van der Waals surface area contributed by atoms with E-state index in [-0.39, 0.29) is 5.82 Å². The van der Waals surface area contributed by atoms with E-state index in [1.165, 1.54) is 17.7 Å². The first-order valence-electron chi connectivity index (χ1n) is 5.54. The Balaban J connectivity index is 2.68. The molecule has 0 bridgehead atoms. The van der Waals surface area contributed by atoms with Gasteiger partial charge in [-0.25, -0.2) is 4.39 Å². The van der Waals surface area contributed by atoms with Gasteiger partial charge in [0.1, 0.15) is 18.2 Å². The molecule has 1 aromatic carbocycles. The molecule has 4 heteroatoms. The van der Waals surface area contributed by atoms with Gasteiger partial charge in [0.05, 0.1) is 0 Å². The Morgan fingerprint density at radius 1 is 1.47 bits per heavy atom. The first-order valence-corrected chi connectivity index (χ1v) is 5.98. The van der Waals surface area contributed by atoms with Crippen LogP contribution in [-0.2, 0) is 6.54 Å². The third-order valence-electron chi connectivity index (χ3n) is 2.16. The Morgan fingerprint density at radius 3 is 2.88 bits per heavy atom. The van der Waals surface area contributed by atoms with Gasteiger partial charge >= 0.3 is 0 Å². The maximum absolute atomic E-state index is 13.3. The summed E-state index contributed by atoms with van der Waals surface area (Å²) in [5.74, 6) is 0.235. The highest BCUT2D eigenvalue weighted by molar-refractivity contribution is 6.25. The van der Waals surface area contributed by atoms with Gasteiger partial charge in [0.15, 0.2) is 0 Å². The van der Waals surface area contributed by atoms with E-state index in [9.17, 15) is 4.39 Å². The Kier molecular flexibility index (Phi) is 6.01. The first-order chi connectivity index (χ1) is 8.15. The third kappa shape index (κ3) is 5.20. The van der Waals surface area contributed by atoms with Crippen LogP contribution in [0.3, 0.4) is 0 Å². The molecule has 0 saturated heterocycles. The van der Waals surface area contributed by atoms with Gasteiger partial charge in [0, 0.05) is 18.1 Å². The van der Waals surface area contributed by atoms with Gasteiger partial charge < -0.3 is 10.1 Å². The number of halogens is 2. The maximum Gasteiger partial charge on any atom is 0.127 e. The van der Waals surface area contributed by atoms with Crippen molar-refractivity contribution in [2.75, 3.05) is 13.2 Å². The second-order valence-electron chi connectivity index (χ2n) is 3.82. The smallest absolute Gasteiger partial charge is 0.127 e. The van der Waals surface area contributed by atoms with Gasteiger partial charge in [0.2, 0.25) is 0 Å². The largest absolute Gasteiger partial charge is 0.489 e. The van der Waals surface area contributed by atoms with Gasteiger partial charge in [-0.3, -0.25) is 0 Å². The molecule has 94 valence electrons. The van der Waals surface area contributed by atoms with Crippen LogP contribution in [-0.4, -0.2) is 13.2 Å². The second kappa shape index (κ2) is 7.30. The molecule has 0 heterocycles. The average molecular weight is 258 g/mol. The van der Waals surface area contributed by atoms with E-state index in [1.54, 1.807) is 0 Å². The van der Waals surface area contributed by atoms with Gasteiger partial charge in [-0.05, 0) is 36.7 Å². The normalized spacial score (nSPS) is 11.6. The van der Waals surface area contributed by atoms with E-state index in [0.29, 0.717) is 18.9 Å². The van der Waals surface area contributed by atoms with Crippen molar-refractivity contribution >= 4 is 11.6 Å². The van der Waals surface area contributed by atoms with Crippen molar-refractivity contribution in [3.8, 4) is 5.75 Å². The minimum atomic E-state index is -0.289. The van der Waals surface area contributed by atoms with Crippen molar-refractivity contribution in [1.82, 2.24) is 5.32 Å². The van der Waals surface area contributed by atoms with Crippen molar-refractivity contribution < 1.29 is 9.13 Å². The molecule has 0 radical (unpaired) electrons. The lowest BCUT2D eigenvalue weighted by Gasteiger charge is -2.09. The summed E-state index contributed by atoms with van der Waals surface area (Å²) in [4.78, 5) is 0. The van der Waals surface area contributed by atoms with Crippen molar-refractivity contribution in [2.24, 2.45) is 0 Å². The number of hydrogen-bond acceptors (Lipinski definition) is 2. The van der Waals surface area contributed by atoms with Crippen LogP contribution in [0.4, 0.5) is 4.39 Å². The average Bonchev–Trinajstić information content (AvgIpc) is 2.32. The minimum Gasteiger partial charge on any atom is -0.489 e. The Labute approximate surface area is 106 Å². The predicted octanol–water partition coefficient (Wildman–Crippen LogP) is 3.46. The van der Waals surface area contributed by atoms with E-state index in [0.717, 1.165) is 17.7 Å². The molecular weight excluding hydrogens is 241 g/mol. The minimum absolute atomic E-state index is 0.289. The van der Waals surface area contributed by atoms with E-state index < -0.39 is 0 Å². The highest BCUT2D eigenvalue weighted by atomic mass is 35.5. The fourth-order valence-corrected chi connectivity index (χ4v) is 1.37. The highest BCUT2D eigenvalue weighted by Gasteiger charge is 2.02. The molecule has 0 atom stereocenters. The summed E-state index contributed by atoms with van der Waals surface area (Å²) in [5.41, 5.74) is 3.22. The zero-order valence-corrected chi connectivity index (χ0v) is 10.9. The molecule has 0 fully saturated rings. The van der Waals surface area contributed by atoms with Crippen molar-refractivity contribution in [2.45, 2.75) is 20.4 Å². The zero-order chi connectivity index (χ0) is 12.7. The van der Waals surface area contributed by atoms with E-state index in [4.69, 9.17) is 16.3 Å². The van der Waals surface area contributed by atoms with Crippen LogP contribution in [0.15, 0.2) is 29.3 Å². The molecule has 1 N–H and O–H groups in total. The SMILES string of the molecule is CCNCc1cc(F)cc(OC/C(C)=C/Cl)c1. The fraction of sp³-hybridized carbons (Fsp3) is 0.385. The van der Waals surface area contributed by atoms with E-state index in [1.807, 2.05) is 19.9 Å². The number of nitrogens with one attached hydrogen (secondary N) is 1. The number of ether oxygens (including phenoxy) is 1. The van der Waals surface area contributed by atoms with Crippen LogP contribution in [0.1, 0.15) is 19.4 Å². The number of hydrogen-bond donors (Lipinski definition) is 1. The van der Waals surface area contributed by atoms with E-state index >= 15 is 0 Å². The summed E-state index contributed by atoms with van der Waals surface area (Å²) in [7, 11) is 0. The van der Waals surface area contributed by atoms with Crippen molar-refractivity contribution in [3.63, 3.8) is 0 Å². The summed E-state index contributed by atoms with van der Waals surface area (Å²) >= 11 is 5.52. The monoisotopic (exact) mass is 257 g/mol. The molecule has 0 saturated carbocycles. The Bertz CT molecular complexity index is 393. The van der Waals surface area contributed by atoms with Gasteiger partial charge in [-0.1, -0.05) is 18.5 Å². The quantitative estimate of drug-likeness (QED) is 0.843. The van der Waals surface area contributed by atoms with E-state index in [2.05, 4.69) is 5.32 Å². The number of benzene rings is 1. The molecule has 17 heavy (non-hydrogen) atoms. The Hall–Kier alpha value is -1.06. The van der Waals surface area contributed by atoms with Crippen LogP contribution >= 0.6 is 11.6 Å². The van der Waals surface area contributed by atoms with Crippen LogP contribution in [0.25, 0.3) is 0 Å². The number of rotatable bonds is 6. The molecule has 0 aliphatic rings. The fourth-order valence-electron chi connectivity index (χ4n) is 1.30. The van der Waals surface area contributed by atoms with Gasteiger partial charge in [-0.2, -0.15) is 0 Å². The maximum atomic E-state index is 13.3. The molecule has 0 spiro atoms. The molecule has 0 amide bonds. The standard InChI is InChI=1S/C13H17ClFNO/c1-3-16-8-11-4-12(15)6-13(5-11)17-9-10(2)7-14/h4-7,16H,3,8-9H2,1-2H3/b10-7+. The third-order valence-corrected chi connectivity index (χ3v) is 2.54. The zero-order valence-electron chi connectivity index (χ0n) is 10.1. The summed E-state index contributed by atoms with van der Waals surface area (Å²) in [6, 6.07) is 4.70. The molecule has 1 rings (SSSR count). The molecule has 0 aliphatic heterocycles. The molecule has 0 unspecified atom stereocenters. The lowest BCUT2D eigenvalue weighted by atomic mass is 10.2. The summed E-state index contributed by atoms with van der Waals surface area (Å²) < 4.78 is 18.8. The van der Waals surface area contributed by atoms with Gasteiger partial charge in [-0.15, -0.1) is 0 Å². The molecule has 0 aliphatic carbocycles. The highest BCUT2D eigenvalue weighted by Crippen LogP contribution is 2.17. The van der Waals surface area contributed by atoms with Gasteiger partial charge in [0.25, 0.3) is 0 Å². The van der Waals surface area contributed by atoms with Crippen LogP contribution in [0, 0.1) is 5.82 Å². The summed E-state index contributed by atoms with van der Waals surface area (Å²) in [6.07, 6.45) is 0. The van der Waals surface area contributed by atoms with Crippen LogP contribution in [0.5, 0.6) is 5.75 Å². The Morgan fingerprint density at radius 2 is 2.24 bits per heavy atom. The topological polar surface area (TPSA) is 21.3 Å². The molecule has 2 nitrogen and oxygen atoms in total. The molecule has 0 aromatic heterocycles. The van der Waals surface area contributed by atoms with Crippen molar-refractivity contribution in [3.05, 3.63) is 40.7 Å². The lowest BCUT2D eigenvalue weighted by molar-refractivity contribution is 0.349. The molecular formula is C13H17ClFNO. The lowest BCUT2D eigenvalue weighted by Crippen LogP contribution is -2.12. The molecule has 1 aromatic rings. The summed E-state index contributed by atoms with van der Waals surface area (Å²) in [5, 5.41) is 3.14. The predicted molar refractivity (Wildman–Crippen MR) is 68.9 cm³/mol. The second-order valence-corrected chi connectivity index (χ2v) is 4.04. The van der Waals surface area contributed by atoms with Crippen molar-refractivity contribution in [1.29, 1.82) is 0 Å². The first kappa shape index (κ1) is 14.0.